The molecule has 6 nitrogen and oxygen atoms in total. The van der Waals surface area contributed by atoms with Crippen molar-refractivity contribution in [1.29, 1.82) is 0 Å². The van der Waals surface area contributed by atoms with Crippen molar-refractivity contribution < 1.29 is 19.1 Å². The molecular weight excluding hydrogens is 376 g/mol. The monoisotopic (exact) mass is 404 g/mol. The van der Waals surface area contributed by atoms with Crippen molar-refractivity contribution in [1.82, 2.24) is 4.90 Å². The second kappa shape index (κ2) is 9.45. The minimum absolute atomic E-state index is 0.0905. The van der Waals surface area contributed by atoms with Gasteiger partial charge in [0.2, 0.25) is 5.91 Å². The van der Waals surface area contributed by atoms with Crippen LogP contribution in [0.15, 0.2) is 29.2 Å². The van der Waals surface area contributed by atoms with Gasteiger partial charge in [-0.1, -0.05) is 6.92 Å². The molecule has 2 unspecified atom stereocenters. The lowest BCUT2D eigenvalue weighted by atomic mass is 10.00. The van der Waals surface area contributed by atoms with Gasteiger partial charge in [0.1, 0.15) is 0 Å². The molecular formula is C21H28N2O4S. The van der Waals surface area contributed by atoms with E-state index in [-0.39, 0.29) is 30.9 Å². The normalized spacial score (nSPS) is 22.4. The molecule has 0 spiro atoms. The van der Waals surface area contributed by atoms with Gasteiger partial charge in [0.15, 0.2) is 6.61 Å². The first-order valence-electron chi connectivity index (χ1n) is 9.94. The van der Waals surface area contributed by atoms with Gasteiger partial charge in [-0.25, -0.2) is 0 Å². The standard InChI is InChI=1S/C21H28N2O4S/c1-3-16-6-4-5-11-22(16)20(25)14-27-21(26)15-12-19(24)23(13-15)17-7-9-18(28-2)10-8-17/h7-10,15-16H,3-6,11-14H2,1-2H3. The number of thioether (sulfide) groups is 1. The zero-order chi connectivity index (χ0) is 20.1. The number of esters is 1. The first-order chi connectivity index (χ1) is 13.5. The van der Waals surface area contributed by atoms with Gasteiger partial charge < -0.3 is 14.5 Å². The molecule has 1 aromatic rings. The SMILES string of the molecule is CCC1CCCCN1C(=O)COC(=O)C1CC(=O)N(c2ccc(SC)cc2)C1. The Morgan fingerprint density at radius 3 is 2.64 bits per heavy atom. The molecule has 2 aliphatic heterocycles. The van der Waals surface area contributed by atoms with Gasteiger partial charge in [0.05, 0.1) is 5.92 Å². The molecule has 0 bridgehead atoms. The van der Waals surface area contributed by atoms with E-state index in [9.17, 15) is 14.4 Å². The molecule has 0 N–H and O–H groups in total. The molecule has 0 radical (unpaired) electrons. The van der Waals surface area contributed by atoms with Crippen LogP contribution in [-0.4, -0.2) is 54.7 Å². The maximum atomic E-state index is 12.5. The summed E-state index contributed by atoms with van der Waals surface area (Å²) in [6, 6.07) is 7.94. The predicted molar refractivity (Wildman–Crippen MR) is 109 cm³/mol. The molecule has 3 rings (SSSR count). The van der Waals surface area contributed by atoms with Crippen molar-refractivity contribution >= 4 is 35.2 Å². The van der Waals surface area contributed by atoms with Gasteiger partial charge in [-0.05, 0) is 56.2 Å². The van der Waals surface area contributed by atoms with E-state index in [0.29, 0.717) is 6.54 Å². The number of nitrogens with zero attached hydrogens (tertiary/aromatic N) is 2. The van der Waals surface area contributed by atoms with Crippen LogP contribution in [0.3, 0.4) is 0 Å². The van der Waals surface area contributed by atoms with Crippen LogP contribution in [0.4, 0.5) is 5.69 Å². The average Bonchev–Trinajstić information content (AvgIpc) is 3.13. The van der Waals surface area contributed by atoms with Crippen LogP contribution in [0.5, 0.6) is 0 Å². The topological polar surface area (TPSA) is 66.9 Å². The first kappa shape index (κ1) is 20.7. The van der Waals surface area contributed by atoms with Crippen LogP contribution < -0.4 is 4.90 Å². The van der Waals surface area contributed by atoms with E-state index >= 15 is 0 Å². The third-order valence-corrected chi connectivity index (χ3v) is 6.34. The number of benzene rings is 1. The largest absolute Gasteiger partial charge is 0.455 e. The quantitative estimate of drug-likeness (QED) is 0.538. The first-order valence-corrected chi connectivity index (χ1v) is 11.2. The van der Waals surface area contributed by atoms with Crippen molar-refractivity contribution in [3.63, 3.8) is 0 Å². The minimum Gasteiger partial charge on any atom is -0.455 e. The summed E-state index contributed by atoms with van der Waals surface area (Å²) in [6.45, 7) is 2.87. The second-order valence-corrected chi connectivity index (χ2v) is 8.24. The van der Waals surface area contributed by atoms with Crippen molar-refractivity contribution in [2.45, 2.75) is 50.0 Å². The van der Waals surface area contributed by atoms with E-state index in [2.05, 4.69) is 6.92 Å². The van der Waals surface area contributed by atoms with Crippen molar-refractivity contribution in [3.05, 3.63) is 24.3 Å². The van der Waals surface area contributed by atoms with Gasteiger partial charge in [0, 0.05) is 36.1 Å². The van der Waals surface area contributed by atoms with Gasteiger partial charge in [0.25, 0.3) is 5.91 Å². The van der Waals surface area contributed by atoms with Crippen LogP contribution in [0.25, 0.3) is 0 Å². The Morgan fingerprint density at radius 1 is 1.21 bits per heavy atom. The summed E-state index contributed by atoms with van der Waals surface area (Å²) in [4.78, 5) is 41.8. The number of hydrogen-bond donors (Lipinski definition) is 0. The summed E-state index contributed by atoms with van der Waals surface area (Å²) < 4.78 is 5.29. The van der Waals surface area contributed by atoms with Crippen LogP contribution in [0.1, 0.15) is 39.0 Å². The van der Waals surface area contributed by atoms with E-state index in [4.69, 9.17) is 4.74 Å². The predicted octanol–water partition coefficient (Wildman–Crippen LogP) is 3.10. The second-order valence-electron chi connectivity index (χ2n) is 7.36. The number of amides is 2. The van der Waals surface area contributed by atoms with Crippen LogP contribution >= 0.6 is 11.8 Å². The van der Waals surface area contributed by atoms with E-state index < -0.39 is 11.9 Å². The smallest absolute Gasteiger partial charge is 0.311 e. The highest BCUT2D eigenvalue weighted by molar-refractivity contribution is 7.98. The van der Waals surface area contributed by atoms with Crippen LogP contribution in [0, 0.1) is 5.92 Å². The van der Waals surface area contributed by atoms with E-state index in [1.54, 1.807) is 16.7 Å². The maximum absolute atomic E-state index is 12.5. The average molecular weight is 405 g/mol. The summed E-state index contributed by atoms with van der Waals surface area (Å²) >= 11 is 1.64. The Bertz CT molecular complexity index is 722. The molecule has 7 heteroatoms. The van der Waals surface area contributed by atoms with Gasteiger partial charge in [-0.15, -0.1) is 11.8 Å². The zero-order valence-corrected chi connectivity index (χ0v) is 17.4. The molecule has 2 fully saturated rings. The molecule has 152 valence electrons. The van der Waals surface area contributed by atoms with E-state index in [1.165, 1.54) is 0 Å². The maximum Gasteiger partial charge on any atom is 0.311 e. The molecule has 1 aromatic carbocycles. The molecule has 2 saturated heterocycles. The molecule has 0 aliphatic carbocycles. The van der Waals surface area contributed by atoms with Crippen LogP contribution in [-0.2, 0) is 19.1 Å². The minimum atomic E-state index is -0.524. The van der Waals surface area contributed by atoms with Crippen LogP contribution in [0.2, 0.25) is 0 Å². The molecule has 2 atom stereocenters. The lowest BCUT2D eigenvalue weighted by Crippen LogP contribution is -2.45. The zero-order valence-electron chi connectivity index (χ0n) is 16.6. The summed E-state index contributed by atoms with van der Waals surface area (Å²) in [7, 11) is 0. The highest BCUT2D eigenvalue weighted by Crippen LogP contribution is 2.28. The Morgan fingerprint density at radius 2 is 1.96 bits per heavy atom. The molecule has 2 heterocycles. The molecule has 0 aromatic heterocycles. The Kier molecular flexibility index (Phi) is 6.99. The third-order valence-electron chi connectivity index (χ3n) is 5.60. The summed E-state index contributed by atoms with van der Waals surface area (Å²) in [5, 5.41) is 0. The van der Waals surface area contributed by atoms with Gasteiger partial charge in [-0.3, -0.25) is 14.4 Å². The van der Waals surface area contributed by atoms with Crippen molar-refractivity contribution in [2.75, 3.05) is 30.9 Å². The fraction of sp³-hybridized carbons (Fsp3) is 0.571. The van der Waals surface area contributed by atoms with Crippen molar-refractivity contribution in [2.24, 2.45) is 5.92 Å². The Balaban J connectivity index is 1.53. The Labute approximate surface area is 170 Å². The lowest BCUT2D eigenvalue weighted by Gasteiger charge is -2.35. The lowest BCUT2D eigenvalue weighted by molar-refractivity contribution is -0.156. The van der Waals surface area contributed by atoms with Crippen molar-refractivity contribution in [3.8, 4) is 0 Å². The highest BCUT2D eigenvalue weighted by Gasteiger charge is 2.36. The fourth-order valence-corrected chi connectivity index (χ4v) is 4.37. The fourth-order valence-electron chi connectivity index (χ4n) is 3.96. The van der Waals surface area contributed by atoms with E-state index in [0.717, 1.165) is 42.8 Å². The van der Waals surface area contributed by atoms with E-state index in [1.807, 2.05) is 35.4 Å². The molecule has 2 aliphatic rings. The van der Waals surface area contributed by atoms with Gasteiger partial charge >= 0.3 is 5.97 Å². The molecule has 2 amide bonds. The third kappa shape index (κ3) is 4.69. The summed E-state index contributed by atoms with van der Waals surface area (Å²) in [6.07, 6.45) is 6.19. The highest BCUT2D eigenvalue weighted by atomic mass is 32.2. The number of anilines is 1. The molecule has 0 saturated carbocycles. The Hall–Kier alpha value is -2.02. The summed E-state index contributed by atoms with van der Waals surface area (Å²) in [5.41, 5.74) is 0.785. The number of rotatable bonds is 6. The number of piperidine rings is 1. The van der Waals surface area contributed by atoms with Gasteiger partial charge in [-0.2, -0.15) is 0 Å². The number of carbonyl (C=O) groups excluding carboxylic acids is 3. The number of carbonyl (C=O) groups is 3. The number of ether oxygens (including phenoxy) is 1. The number of likely N-dealkylation sites (tertiary alicyclic amines) is 1. The number of hydrogen-bond acceptors (Lipinski definition) is 5. The summed E-state index contributed by atoms with van der Waals surface area (Å²) in [5.74, 6) is -1.21. The molecule has 28 heavy (non-hydrogen) atoms.